The minimum atomic E-state index is -3.04. The summed E-state index contributed by atoms with van der Waals surface area (Å²) in [5, 5.41) is 2.82. The third-order valence-electron chi connectivity index (χ3n) is 6.72. The van der Waals surface area contributed by atoms with Crippen molar-refractivity contribution < 1.29 is 17.6 Å². The van der Waals surface area contributed by atoms with Crippen LogP contribution < -0.4 is 10.2 Å². The summed E-state index contributed by atoms with van der Waals surface area (Å²) in [5.74, 6) is 1.21. The maximum atomic E-state index is 12.5. The van der Waals surface area contributed by atoms with Gasteiger partial charge in [-0.05, 0) is 49.7 Å². The molecular weight excluding hydrogens is 464 g/mol. The Morgan fingerprint density at radius 2 is 1.77 bits per heavy atom. The highest BCUT2D eigenvalue weighted by Gasteiger charge is 2.29. The average Bonchev–Trinajstić information content (AvgIpc) is 3.41. The van der Waals surface area contributed by atoms with Gasteiger partial charge in [-0.15, -0.1) is 0 Å². The number of para-hydroxylation sites is 1. The number of hydrogen-bond acceptors (Lipinski definition) is 7. The first kappa shape index (κ1) is 23.6. The van der Waals surface area contributed by atoms with Crippen LogP contribution in [-0.2, 0) is 16.4 Å². The van der Waals surface area contributed by atoms with Crippen LogP contribution in [0.15, 0.2) is 59.0 Å². The summed E-state index contributed by atoms with van der Waals surface area (Å²) < 4.78 is 29.2. The lowest BCUT2D eigenvalue weighted by Crippen LogP contribution is -2.46. The van der Waals surface area contributed by atoms with Gasteiger partial charge >= 0.3 is 0 Å². The Balaban J connectivity index is 1.18. The quantitative estimate of drug-likeness (QED) is 0.563. The van der Waals surface area contributed by atoms with E-state index in [9.17, 15) is 13.2 Å². The van der Waals surface area contributed by atoms with Crippen LogP contribution in [0, 0.1) is 6.92 Å². The zero-order valence-electron chi connectivity index (χ0n) is 19.8. The standard InChI is InChI=1S/C26H30N4O4S/c1-19-24(17-29-12-14-30(15-13-29)23-5-3-2-4-6-23)28-26(34-19)21-9-7-20(8-10-21)25(31)27-22-11-16-35(32,33)18-22/h2-10,22H,11-18H2,1H3,(H,27,31). The minimum absolute atomic E-state index is 0.0104. The molecule has 2 saturated heterocycles. The molecule has 0 radical (unpaired) electrons. The molecule has 2 aliphatic rings. The zero-order chi connectivity index (χ0) is 24.4. The number of carbonyl (C=O) groups is 1. The summed E-state index contributed by atoms with van der Waals surface area (Å²) in [6.45, 7) is 6.55. The van der Waals surface area contributed by atoms with E-state index in [4.69, 9.17) is 9.40 Å². The molecule has 8 nitrogen and oxygen atoms in total. The molecule has 35 heavy (non-hydrogen) atoms. The third kappa shape index (κ3) is 5.57. The van der Waals surface area contributed by atoms with Crippen LogP contribution >= 0.6 is 0 Å². The van der Waals surface area contributed by atoms with Crippen molar-refractivity contribution in [3.8, 4) is 11.5 Å². The van der Waals surface area contributed by atoms with Gasteiger partial charge in [-0.2, -0.15) is 0 Å². The second kappa shape index (κ2) is 9.83. The van der Waals surface area contributed by atoms with Gasteiger partial charge in [-0.25, -0.2) is 13.4 Å². The molecule has 2 aromatic carbocycles. The molecule has 2 aliphatic heterocycles. The summed E-state index contributed by atoms with van der Waals surface area (Å²) in [6.07, 6.45) is 0.464. The van der Waals surface area contributed by atoms with Gasteiger partial charge in [0.2, 0.25) is 5.89 Å². The highest BCUT2D eigenvalue weighted by Crippen LogP contribution is 2.24. The SMILES string of the molecule is Cc1oc(-c2ccc(C(=O)NC3CCS(=O)(=O)C3)cc2)nc1CN1CCN(c2ccccc2)CC1. The van der Waals surface area contributed by atoms with Gasteiger partial charge in [-0.3, -0.25) is 9.69 Å². The molecule has 1 aromatic heterocycles. The summed E-state index contributed by atoms with van der Waals surface area (Å²) >= 11 is 0. The Hall–Kier alpha value is -3.17. The molecule has 3 aromatic rings. The van der Waals surface area contributed by atoms with Crippen molar-refractivity contribution >= 4 is 21.4 Å². The van der Waals surface area contributed by atoms with Crippen molar-refractivity contribution in [1.29, 1.82) is 0 Å². The van der Waals surface area contributed by atoms with E-state index < -0.39 is 9.84 Å². The minimum Gasteiger partial charge on any atom is -0.441 e. The van der Waals surface area contributed by atoms with Gasteiger partial charge in [-0.1, -0.05) is 18.2 Å². The van der Waals surface area contributed by atoms with Crippen molar-refractivity contribution in [3.63, 3.8) is 0 Å². The number of anilines is 1. The Bertz CT molecular complexity index is 1280. The molecule has 0 bridgehead atoms. The molecule has 184 valence electrons. The summed E-state index contributed by atoms with van der Waals surface area (Å²) in [6, 6.07) is 17.2. The normalized spacial score (nSPS) is 20.1. The molecule has 1 atom stereocenters. The second-order valence-corrected chi connectivity index (χ2v) is 11.5. The molecular formula is C26H30N4O4S. The summed E-state index contributed by atoms with van der Waals surface area (Å²) in [7, 11) is -3.04. The number of nitrogens with one attached hydrogen (secondary N) is 1. The monoisotopic (exact) mass is 494 g/mol. The molecule has 2 fully saturated rings. The number of benzene rings is 2. The summed E-state index contributed by atoms with van der Waals surface area (Å²) in [4.78, 5) is 22.0. The molecule has 3 heterocycles. The highest BCUT2D eigenvalue weighted by atomic mass is 32.2. The molecule has 1 amide bonds. The lowest BCUT2D eigenvalue weighted by Gasteiger charge is -2.35. The van der Waals surface area contributed by atoms with Gasteiger partial charge in [0, 0.05) is 55.6 Å². The summed E-state index contributed by atoms with van der Waals surface area (Å²) in [5.41, 5.74) is 3.47. The Labute approximate surface area is 205 Å². The van der Waals surface area contributed by atoms with E-state index in [0.29, 0.717) is 17.9 Å². The number of sulfone groups is 1. The van der Waals surface area contributed by atoms with Gasteiger partial charge in [0.1, 0.15) is 5.76 Å². The molecule has 9 heteroatoms. The van der Waals surface area contributed by atoms with Crippen molar-refractivity contribution in [1.82, 2.24) is 15.2 Å². The number of aromatic nitrogens is 1. The molecule has 1 unspecified atom stereocenters. The lowest BCUT2D eigenvalue weighted by molar-refractivity contribution is 0.0941. The van der Waals surface area contributed by atoms with Crippen molar-refractivity contribution in [3.05, 3.63) is 71.6 Å². The van der Waals surface area contributed by atoms with E-state index in [-0.39, 0.29) is 23.5 Å². The highest BCUT2D eigenvalue weighted by molar-refractivity contribution is 7.91. The van der Waals surface area contributed by atoms with E-state index in [1.54, 1.807) is 12.1 Å². The van der Waals surface area contributed by atoms with Crippen LogP contribution in [-0.4, -0.2) is 67.9 Å². The van der Waals surface area contributed by atoms with E-state index in [1.807, 2.05) is 25.1 Å². The maximum Gasteiger partial charge on any atom is 0.251 e. The van der Waals surface area contributed by atoms with E-state index in [1.165, 1.54) is 5.69 Å². The van der Waals surface area contributed by atoms with E-state index in [0.717, 1.165) is 49.7 Å². The third-order valence-corrected chi connectivity index (χ3v) is 8.49. The molecule has 0 aliphatic carbocycles. The molecule has 0 spiro atoms. The fourth-order valence-corrected chi connectivity index (χ4v) is 6.33. The number of carbonyl (C=O) groups excluding carboxylic acids is 1. The molecule has 5 rings (SSSR count). The van der Waals surface area contributed by atoms with Crippen LogP contribution in [0.5, 0.6) is 0 Å². The first-order valence-corrected chi connectivity index (χ1v) is 13.8. The number of aryl methyl sites for hydroxylation is 1. The fraction of sp³-hybridized carbons (Fsp3) is 0.385. The van der Waals surface area contributed by atoms with Crippen molar-refractivity contribution in [2.75, 3.05) is 42.6 Å². The maximum absolute atomic E-state index is 12.5. The number of oxazole rings is 1. The van der Waals surface area contributed by atoms with E-state index in [2.05, 4.69) is 39.4 Å². The van der Waals surface area contributed by atoms with Gasteiger partial charge in [0.15, 0.2) is 9.84 Å². The number of nitrogens with zero attached hydrogens (tertiary/aromatic N) is 3. The Kier molecular flexibility index (Phi) is 6.62. The zero-order valence-corrected chi connectivity index (χ0v) is 20.6. The average molecular weight is 495 g/mol. The smallest absolute Gasteiger partial charge is 0.251 e. The van der Waals surface area contributed by atoms with Crippen LogP contribution in [0.4, 0.5) is 5.69 Å². The predicted molar refractivity (Wildman–Crippen MR) is 135 cm³/mol. The van der Waals surface area contributed by atoms with Crippen molar-refractivity contribution in [2.45, 2.75) is 25.9 Å². The molecule has 0 saturated carbocycles. The number of piperazine rings is 1. The first-order chi connectivity index (χ1) is 16.9. The van der Waals surface area contributed by atoms with Gasteiger partial charge in [0.05, 0.1) is 17.2 Å². The van der Waals surface area contributed by atoms with Gasteiger partial charge < -0.3 is 14.6 Å². The van der Waals surface area contributed by atoms with Crippen LogP contribution in [0.25, 0.3) is 11.5 Å². The van der Waals surface area contributed by atoms with E-state index >= 15 is 0 Å². The Morgan fingerprint density at radius 1 is 1.06 bits per heavy atom. The second-order valence-electron chi connectivity index (χ2n) is 9.27. The van der Waals surface area contributed by atoms with Crippen LogP contribution in [0.1, 0.15) is 28.2 Å². The number of hydrogen-bond donors (Lipinski definition) is 1. The van der Waals surface area contributed by atoms with Crippen molar-refractivity contribution in [2.24, 2.45) is 0 Å². The predicted octanol–water partition coefficient (Wildman–Crippen LogP) is 2.89. The number of rotatable bonds is 6. The van der Waals surface area contributed by atoms with Gasteiger partial charge in [0.25, 0.3) is 5.91 Å². The first-order valence-electron chi connectivity index (χ1n) is 12.0. The fourth-order valence-electron chi connectivity index (χ4n) is 4.65. The topological polar surface area (TPSA) is 95.7 Å². The Morgan fingerprint density at radius 3 is 2.43 bits per heavy atom. The number of amides is 1. The van der Waals surface area contributed by atoms with Crippen LogP contribution in [0.3, 0.4) is 0 Å². The van der Waals surface area contributed by atoms with Crippen LogP contribution in [0.2, 0.25) is 0 Å². The largest absolute Gasteiger partial charge is 0.441 e. The lowest BCUT2D eigenvalue weighted by atomic mass is 10.1. The molecule has 1 N–H and O–H groups in total.